The SMILES string of the molecule is Cc1[nH]nc(NS(=O)(=O)c2ccc(C#N)cc2)c1C. The first kappa shape index (κ1) is 13.1. The van der Waals surface area contributed by atoms with Gasteiger partial charge in [0.05, 0.1) is 16.5 Å². The molecule has 0 aliphatic heterocycles. The number of aromatic nitrogens is 2. The molecule has 2 N–H and O–H groups in total. The summed E-state index contributed by atoms with van der Waals surface area (Å²) in [5.74, 6) is 0.279. The Balaban J connectivity index is 2.32. The fourth-order valence-electron chi connectivity index (χ4n) is 1.48. The molecule has 0 spiro atoms. The summed E-state index contributed by atoms with van der Waals surface area (Å²) in [5.41, 5.74) is 1.96. The highest BCUT2D eigenvalue weighted by atomic mass is 32.2. The lowest BCUT2D eigenvalue weighted by atomic mass is 10.2. The Kier molecular flexibility index (Phi) is 3.27. The van der Waals surface area contributed by atoms with Gasteiger partial charge in [-0.2, -0.15) is 10.4 Å². The minimum absolute atomic E-state index is 0.0894. The fourth-order valence-corrected chi connectivity index (χ4v) is 2.54. The summed E-state index contributed by atoms with van der Waals surface area (Å²) in [7, 11) is -3.69. The van der Waals surface area contributed by atoms with E-state index in [1.54, 1.807) is 6.92 Å². The van der Waals surface area contributed by atoms with Gasteiger partial charge in [-0.15, -0.1) is 0 Å². The molecule has 0 radical (unpaired) electrons. The summed E-state index contributed by atoms with van der Waals surface area (Å²) in [4.78, 5) is 0.0894. The van der Waals surface area contributed by atoms with E-state index in [1.807, 2.05) is 13.0 Å². The van der Waals surface area contributed by atoms with Crippen molar-refractivity contribution in [2.45, 2.75) is 18.7 Å². The molecule has 0 saturated carbocycles. The highest BCUT2D eigenvalue weighted by Gasteiger charge is 2.17. The second-order valence-electron chi connectivity index (χ2n) is 4.06. The Hall–Kier alpha value is -2.33. The molecule has 0 atom stereocenters. The van der Waals surface area contributed by atoms with Gasteiger partial charge in [0.1, 0.15) is 0 Å². The van der Waals surface area contributed by atoms with Gasteiger partial charge >= 0.3 is 0 Å². The summed E-state index contributed by atoms with van der Waals surface area (Å²) >= 11 is 0. The standard InChI is InChI=1S/C12H12N4O2S/c1-8-9(2)14-15-12(8)16-19(17,18)11-5-3-10(7-13)4-6-11/h3-6H,1-2H3,(H2,14,15,16). The van der Waals surface area contributed by atoms with Crippen LogP contribution in [0.3, 0.4) is 0 Å². The minimum atomic E-state index is -3.69. The van der Waals surface area contributed by atoms with E-state index in [9.17, 15) is 8.42 Å². The number of nitrogens with one attached hydrogen (secondary N) is 2. The first-order chi connectivity index (χ1) is 8.94. The van der Waals surface area contributed by atoms with E-state index in [1.165, 1.54) is 24.3 Å². The number of sulfonamides is 1. The monoisotopic (exact) mass is 276 g/mol. The lowest BCUT2D eigenvalue weighted by molar-refractivity contribution is 0.601. The third-order valence-electron chi connectivity index (χ3n) is 2.78. The van der Waals surface area contributed by atoms with Crippen molar-refractivity contribution >= 4 is 15.8 Å². The maximum absolute atomic E-state index is 12.1. The van der Waals surface area contributed by atoms with Crippen LogP contribution in [0.5, 0.6) is 0 Å². The number of H-pyrrole nitrogens is 1. The normalized spacial score (nSPS) is 11.0. The number of nitriles is 1. The number of nitrogens with zero attached hydrogens (tertiary/aromatic N) is 2. The lowest BCUT2D eigenvalue weighted by Crippen LogP contribution is -2.13. The number of hydrogen-bond donors (Lipinski definition) is 2. The van der Waals surface area contributed by atoms with E-state index in [4.69, 9.17) is 5.26 Å². The van der Waals surface area contributed by atoms with Crippen molar-refractivity contribution in [3.8, 4) is 6.07 Å². The lowest BCUT2D eigenvalue weighted by Gasteiger charge is -2.06. The van der Waals surface area contributed by atoms with E-state index in [0.29, 0.717) is 5.56 Å². The topological polar surface area (TPSA) is 98.6 Å². The Labute approximate surface area is 111 Å². The van der Waals surface area contributed by atoms with Crippen LogP contribution in [-0.2, 0) is 10.0 Å². The molecule has 6 nitrogen and oxygen atoms in total. The van der Waals surface area contributed by atoms with E-state index in [0.717, 1.165) is 11.3 Å². The number of benzene rings is 1. The molecule has 98 valence electrons. The van der Waals surface area contributed by atoms with E-state index < -0.39 is 10.0 Å². The molecular weight excluding hydrogens is 264 g/mol. The highest BCUT2D eigenvalue weighted by Crippen LogP contribution is 2.19. The van der Waals surface area contributed by atoms with Crippen LogP contribution in [0.4, 0.5) is 5.82 Å². The number of anilines is 1. The predicted molar refractivity (Wildman–Crippen MR) is 70.0 cm³/mol. The molecule has 0 unspecified atom stereocenters. The van der Waals surface area contributed by atoms with Crippen molar-refractivity contribution in [3.63, 3.8) is 0 Å². The third kappa shape index (κ3) is 2.58. The molecule has 7 heteroatoms. The summed E-state index contributed by atoms with van der Waals surface area (Å²) in [6.07, 6.45) is 0. The van der Waals surface area contributed by atoms with Gasteiger partial charge in [0.25, 0.3) is 10.0 Å². The zero-order valence-corrected chi connectivity index (χ0v) is 11.2. The molecule has 0 saturated heterocycles. The molecule has 1 aromatic carbocycles. The van der Waals surface area contributed by atoms with Crippen molar-refractivity contribution in [1.29, 1.82) is 5.26 Å². The van der Waals surface area contributed by atoms with Crippen molar-refractivity contribution in [2.24, 2.45) is 0 Å². The van der Waals surface area contributed by atoms with E-state index in [-0.39, 0.29) is 10.7 Å². The van der Waals surface area contributed by atoms with Crippen LogP contribution in [0, 0.1) is 25.2 Å². The number of rotatable bonds is 3. The second kappa shape index (κ2) is 4.74. The number of aryl methyl sites for hydroxylation is 1. The molecule has 0 aliphatic carbocycles. The van der Waals surface area contributed by atoms with Gasteiger partial charge in [0.15, 0.2) is 5.82 Å². The molecule has 2 rings (SSSR count). The molecule has 19 heavy (non-hydrogen) atoms. The van der Waals surface area contributed by atoms with Crippen molar-refractivity contribution in [3.05, 3.63) is 41.1 Å². The minimum Gasteiger partial charge on any atom is -0.280 e. The smallest absolute Gasteiger partial charge is 0.263 e. The Bertz CT molecular complexity index is 739. The predicted octanol–water partition coefficient (Wildman–Crippen LogP) is 1.70. The molecule has 0 aliphatic rings. The van der Waals surface area contributed by atoms with Gasteiger partial charge < -0.3 is 0 Å². The van der Waals surface area contributed by atoms with Crippen LogP contribution in [0.1, 0.15) is 16.8 Å². The Morgan fingerprint density at radius 3 is 2.37 bits per heavy atom. The number of aromatic amines is 1. The molecule has 2 aromatic rings. The number of hydrogen-bond acceptors (Lipinski definition) is 4. The average Bonchev–Trinajstić information content (AvgIpc) is 2.70. The quantitative estimate of drug-likeness (QED) is 0.891. The first-order valence-corrected chi connectivity index (χ1v) is 6.97. The maximum Gasteiger partial charge on any atom is 0.263 e. The van der Waals surface area contributed by atoms with Crippen LogP contribution in [0.15, 0.2) is 29.2 Å². The van der Waals surface area contributed by atoms with Gasteiger partial charge in [0, 0.05) is 11.3 Å². The van der Waals surface area contributed by atoms with Crippen LogP contribution < -0.4 is 4.72 Å². The van der Waals surface area contributed by atoms with E-state index in [2.05, 4.69) is 14.9 Å². The summed E-state index contributed by atoms with van der Waals surface area (Å²) in [6.45, 7) is 3.58. The van der Waals surface area contributed by atoms with Gasteiger partial charge in [-0.3, -0.25) is 9.82 Å². The van der Waals surface area contributed by atoms with Gasteiger partial charge in [0.2, 0.25) is 0 Å². The van der Waals surface area contributed by atoms with E-state index >= 15 is 0 Å². The van der Waals surface area contributed by atoms with Gasteiger partial charge in [-0.1, -0.05) is 0 Å². The van der Waals surface area contributed by atoms with Crippen molar-refractivity contribution in [1.82, 2.24) is 10.2 Å². The average molecular weight is 276 g/mol. The van der Waals surface area contributed by atoms with Crippen LogP contribution in [0.2, 0.25) is 0 Å². The van der Waals surface area contributed by atoms with Gasteiger partial charge in [-0.25, -0.2) is 8.42 Å². The largest absolute Gasteiger partial charge is 0.280 e. The van der Waals surface area contributed by atoms with Crippen molar-refractivity contribution in [2.75, 3.05) is 4.72 Å². The van der Waals surface area contributed by atoms with Crippen LogP contribution in [-0.4, -0.2) is 18.6 Å². The van der Waals surface area contributed by atoms with Crippen molar-refractivity contribution < 1.29 is 8.42 Å². The summed E-state index contributed by atoms with van der Waals surface area (Å²) in [6, 6.07) is 7.62. The summed E-state index contributed by atoms with van der Waals surface area (Å²) in [5, 5.41) is 15.3. The zero-order chi connectivity index (χ0) is 14.0. The third-order valence-corrected chi connectivity index (χ3v) is 4.13. The van der Waals surface area contributed by atoms with Crippen LogP contribution in [0.25, 0.3) is 0 Å². The summed E-state index contributed by atoms with van der Waals surface area (Å²) < 4.78 is 26.6. The molecule has 0 fully saturated rings. The Morgan fingerprint density at radius 2 is 1.89 bits per heavy atom. The first-order valence-electron chi connectivity index (χ1n) is 5.48. The maximum atomic E-state index is 12.1. The van der Waals surface area contributed by atoms with Crippen LogP contribution >= 0.6 is 0 Å². The molecule has 1 aromatic heterocycles. The molecule has 0 bridgehead atoms. The van der Waals surface area contributed by atoms with Gasteiger partial charge in [-0.05, 0) is 38.1 Å². The molecular formula is C12H12N4O2S. The second-order valence-corrected chi connectivity index (χ2v) is 5.75. The zero-order valence-electron chi connectivity index (χ0n) is 10.4. The molecule has 0 amide bonds. The Morgan fingerprint density at radius 1 is 1.26 bits per heavy atom. The molecule has 1 heterocycles. The highest BCUT2D eigenvalue weighted by molar-refractivity contribution is 7.92. The fraction of sp³-hybridized carbons (Fsp3) is 0.167.